The molecule has 0 saturated heterocycles. The molecule has 4 unspecified atom stereocenters. The van der Waals surface area contributed by atoms with Crippen LogP contribution in [0.25, 0.3) is 0 Å². The van der Waals surface area contributed by atoms with E-state index in [0.29, 0.717) is 31.4 Å². The van der Waals surface area contributed by atoms with Gasteiger partial charge in [0.1, 0.15) is 18.1 Å². The Kier molecular flexibility index (Phi) is 14.0. The van der Waals surface area contributed by atoms with Crippen molar-refractivity contribution < 1.29 is 33.9 Å². The van der Waals surface area contributed by atoms with Gasteiger partial charge in [-0.1, -0.05) is 36.8 Å². The van der Waals surface area contributed by atoms with Crippen LogP contribution < -0.4 is 38.9 Å². The van der Waals surface area contributed by atoms with Crippen LogP contribution in [-0.2, 0) is 35.2 Å². The molecule has 14 heteroatoms. The van der Waals surface area contributed by atoms with Crippen LogP contribution >= 0.6 is 0 Å². The van der Waals surface area contributed by atoms with Crippen molar-refractivity contribution >= 4 is 35.5 Å². The predicted molar refractivity (Wildman–Crippen MR) is 137 cm³/mol. The van der Waals surface area contributed by atoms with Crippen LogP contribution in [-0.4, -0.2) is 71.3 Å². The van der Waals surface area contributed by atoms with Gasteiger partial charge in [-0.2, -0.15) is 0 Å². The Balaban J connectivity index is 3.07. The van der Waals surface area contributed by atoms with Gasteiger partial charge in [0.15, 0.2) is 0 Å². The maximum absolute atomic E-state index is 13.2. The van der Waals surface area contributed by atoms with Crippen molar-refractivity contribution in [2.24, 2.45) is 22.9 Å². The molecule has 5 amide bonds. The Morgan fingerprint density at radius 3 is 1.89 bits per heavy atom. The molecular formula is C24H37N7O7. The third-order valence-electron chi connectivity index (χ3n) is 5.55. The van der Waals surface area contributed by atoms with E-state index in [4.69, 9.17) is 22.9 Å². The Bertz CT molecular complexity index is 974. The van der Waals surface area contributed by atoms with Crippen molar-refractivity contribution in [3.8, 4) is 0 Å². The number of hydrogen-bond donors (Lipinski definition) is 8. The molecule has 0 heterocycles. The van der Waals surface area contributed by atoms with Gasteiger partial charge >= 0.3 is 5.97 Å². The van der Waals surface area contributed by atoms with Gasteiger partial charge in [0.05, 0.1) is 12.5 Å². The summed E-state index contributed by atoms with van der Waals surface area (Å²) in [4.78, 5) is 72.8. The van der Waals surface area contributed by atoms with Gasteiger partial charge in [-0.25, -0.2) is 4.79 Å². The second-order valence-corrected chi connectivity index (χ2v) is 8.78. The molecule has 0 aliphatic heterocycles. The summed E-state index contributed by atoms with van der Waals surface area (Å²) < 4.78 is 0. The number of primary amides is 2. The standard InChI is InChI=1S/C24H37N7O7/c25-11-5-4-8-15(26)21(34)30-17(12-14-6-2-1-3-7-14)22(35)31-18(13-20(28)33)23(36)29-16(24(37)38)9-10-19(27)32/h1-3,6-7,15-18H,4-5,8-13,25-26H2,(H2,27,32)(H2,28,33)(H,29,36)(H,30,34)(H,31,35)(H,37,38). The first-order valence-corrected chi connectivity index (χ1v) is 12.1. The average molecular weight is 536 g/mol. The summed E-state index contributed by atoms with van der Waals surface area (Å²) in [5.74, 6) is -5.58. The van der Waals surface area contributed by atoms with Crippen LogP contribution in [0, 0.1) is 0 Å². The van der Waals surface area contributed by atoms with Crippen LogP contribution in [0.2, 0.25) is 0 Å². The molecule has 0 radical (unpaired) electrons. The van der Waals surface area contributed by atoms with Gasteiger partial charge in [0, 0.05) is 12.8 Å². The Labute approximate surface area is 220 Å². The maximum atomic E-state index is 13.2. The molecule has 0 spiro atoms. The fraction of sp³-hybridized carbons (Fsp3) is 0.500. The van der Waals surface area contributed by atoms with E-state index < -0.39 is 66.1 Å². The summed E-state index contributed by atoms with van der Waals surface area (Å²) in [5, 5.41) is 16.5. The van der Waals surface area contributed by atoms with E-state index in [1.165, 1.54) is 0 Å². The number of rotatable bonds is 18. The van der Waals surface area contributed by atoms with Crippen molar-refractivity contribution in [3.63, 3.8) is 0 Å². The maximum Gasteiger partial charge on any atom is 0.326 e. The van der Waals surface area contributed by atoms with Gasteiger partial charge in [0.25, 0.3) is 0 Å². The Morgan fingerprint density at radius 2 is 1.34 bits per heavy atom. The molecule has 0 aliphatic rings. The van der Waals surface area contributed by atoms with E-state index in [-0.39, 0.29) is 19.3 Å². The van der Waals surface area contributed by atoms with Crippen molar-refractivity contribution in [2.45, 2.75) is 69.1 Å². The number of unbranched alkanes of at least 4 members (excludes halogenated alkanes) is 1. The lowest BCUT2D eigenvalue weighted by Gasteiger charge is -2.25. The van der Waals surface area contributed by atoms with E-state index in [9.17, 15) is 33.9 Å². The van der Waals surface area contributed by atoms with Crippen molar-refractivity contribution in [1.82, 2.24) is 16.0 Å². The summed E-state index contributed by atoms with van der Waals surface area (Å²) in [5.41, 5.74) is 22.4. The predicted octanol–water partition coefficient (Wildman–Crippen LogP) is -2.63. The van der Waals surface area contributed by atoms with E-state index in [1.807, 2.05) is 0 Å². The topological polar surface area (TPSA) is 263 Å². The highest BCUT2D eigenvalue weighted by molar-refractivity contribution is 5.96. The highest BCUT2D eigenvalue weighted by Gasteiger charge is 2.31. The number of carboxylic acid groups (broad SMARTS) is 1. The lowest BCUT2D eigenvalue weighted by atomic mass is 10.0. The number of aliphatic carboxylic acids is 1. The van der Waals surface area contributed by atoms with E-state index >= 15 is 0 Å². The zero-order valence-corrected chi connectivity index (χ0v) is 21.1. The first kappa shape index (κ1) is 32.0. The summed E-state index contributed by atoms with van der Waals surface area (Å²) in [6, 6.07) is 3.58. The molecular weight excluding hydrogens is 498 g/mol. The molecule has 0 saturated carbocycles. The molecule has 14 nitrogen and oxygen atoms in total. The van der Waals surface area contributed by atoms with Crippen molar-refractivity contribution in [3.05, 3.63) is 35.9 Å². The van der Waals surface area contributed by atoms with E-state index in [0.717, 1.165) is 0 Å². The van der Waals surface area contributed by atoms with Crippen LogP contribution in [0.4, 0.5) is 0 Å². The summed E-state index contributed by atoms with van der Waals surface area (Å²) >= 11 is 0. The lowest BCUT2D eigenvalue weighted by Crippen LogP contribution is -2.58. The highest BCUT2D eigenvalue weighted by atomic mass is 16.4. The minimum absolute atomic E-state index is 0.0369. The van der Waals surface area contributed by atoms with Crippen molar-refractivity contribution in [2.75, 3.05) is 6.54 Å². The largest absolute Gasteiger partial charge is 0.480 e. The van der Waals surface area contributed by atoms with Gasteiger partial charge in [-0.3, -0.25) is 24.0 Å². The summed E-state index contributed by atoms with van der Waals surface area (Å²) in [6.07, 6.45) is 0.400. The molecule has 38 heavy (non-hydrogen) atoms. The first-order chi connectivity index (χ1) is 17.9. The van der Waals surface area contributed by atoms with Crippen LogP contribution in [0.5, 0.6) is 0 Å². The Morgan fingerprint density at radius 1 is 0.763 bits per heavy atom. The average Bonchev–Trinajstić information content (AvgIpc) is 2.85. The third kappa shape index (κ3) is 12.3. The smallest absolute Gasteiger partial charge is 0.326 e. The zero-order chi connectivity index (χ0) is 28.7. The lowest BCUT2D eigenvalue weighted by molar-refractivity contribution is -0.142. The highest BCUT2D eigenvalue weighted by Crippen LogP contribution is 2.07. The molecule has 12 N–H and O–H groups in total. The first-order valence-electron chi connectivity index (χ1n) is 12.1. The zero-order valence-electron chi connectivity index (χ0n) is 21.1. The number of nitrogens with two attached hydrogens (primary N) is 4. The number of benzene rings is 1. The normalized spacial score (nSPS) is 13.8. The van der Waals surface area contributed by atoms with Gasteiger partial charge in [-0.05, 0) is 31.4 Å². The van der Waals surface area contributed by atoms with Crippen LogP contribution in [0.3, 0.4) is 0 Å². The monoisotopic (exact) mass is 535 g/mol. The second kappa shape index (κ2) is 16.7. The van der Waals surface area contributed by atoms with Crippen LogP contribution in [0.15, 0.2) is 30.3 Å². The molecule has 4 atom stereocenters. The number of amides is 5. The fourth-order valence-corrected chi connectivity index (χ4v) is 3.48. The van der Waals surface area contributed by atoms with Crippen LogP contribution in [0.1, 0.15) is 44.1 Å². The van der Waals surface area contributed by atoms with E-state index in [1.54, 1.807) is 30.3 Å². The number of carbonyl (C=O) groups is 6. The number of carbonyl (C=O) groups excluding carboxylic acids is 5. The molecule has 0 fully saturated rings. The minimum atomic E-state index is -1.55. The molecule has 1 aromatic carbocycles. The minimum Gasteiger partial charge on any atom is -0.480 e. The molecule has 0 aromatic heterocycles. The molecule has 210 valence electrons. The molecule has 0 bridgehead atoms. The van der Waals surface area contributed by atoms with Gasteiger partial charge < -0.3 is 44.0 Å². The molecule has 1 aromatic rings. The molecule has 1 rings (SSSR count). The third-order valence-corrected chi connectivity index (χ3v) is 5.55. The molecule has 0 aliphatic carbocycles. The summed E-state index contributed by atoms with van der Waals surface area (Å²) in [7, 11) is 0. The number of nitrogens with one attached hydrogen (secondary N) is 3. The SMILES string of the molecule is NCCCCC(N)C(=O)NC(Cc1ccccc1)C(=O)NC(CC(N)=O)C(=O)NC(CCC(N)=O)C(=O)O. The van der Waals surface area contributed by atoms with Crippen molar-refractivity contribution in [1.29, 1.82) is 0 Å². The van der Waals surface area contributed by atoms with Gasteiger partial charge in [-0.15, -0.1) is 0 Å². The Hall–Kier alpha value is -4.04. The second-order valence-electron chi connectivity index (χ2n) is 8.78. The fourth-order valence-electron chi connectivity index (χ4n) is 3.48. The van der Waals surface area contributed by atoms with E-state index in [2.05, 4.69) is 16.0 Å². The summed E-state index contributed by atoms with van der Waals surface area (Å²) in [6.45, 7) is 0.446. The number of carboxylic acids is 1. The quantitative estimate of drug-likeness (QED) is 0.0912. The van der Waals surface area contributed by atoms with Gasteiger partial charge in [0.2, 0.25) is 29.5 Å². The number of hydrogen-bond acceptors (Lipinski definition) is 8.